The molecule has 18 heavy (non-hydrogen) atoms. The Labute approximate surface area is 111 Å². The second-order valence-electron chi connectivity index (χ2n) is 5.62. The monoisotopic (exact) mass is 247 g/mol. The summed E-state index contributed by atoms with van der Waals surface area (Å²) >= 11 is 0. The molecule has 0 aromatic heterocycles. The lowest BCUT2D eigenvalue weighted by Gasteiger charge is -2.21. The summed E-state index contributed by atoms with van der Waals surface area (Å²) in [5.41, 5.74) is 2.61. The Morgan fingerprint density at radius 2 is 2.06 bits per heavy atom. The van der Waals surface area contributed by atoms with Gasteiger partial charge in [0.05, 0.1) is 6.10 Å². The van der Waals surface area contributed by atoms with Gasteiger partial charge in [-0.1, -0.05) is 26.0 Å². The van der Waals surface area contributed by atoms with Crippen LogP contribution in [0.3, 0.4) is 0 Å². The van der Waals surface area contributed by atoms with Crippen molar-refractivity contribution in [1.29, 1.82) is 0 Å². The van der Waals surface area contributed by atoms with Gasteiger partial charge in [-0.05, 0) is 62.4 Å². The average Bonchev–Trinajstić information content (AvgIpc) is 2.57. The Bertz CT molecular complexity index is 379. The van der Waals surface area contributed by atoms with Crippen molar-refractivity contribution in [1.82, 2.24) is 5.32 Å². The van der Waals surface area contributed by atoms with Gasteiger partial charge in [0.15, 0.2) is 0 Å². The fourth-order valence-corrected chi connectivity index (χ4v) is 2.51. The second kappa shape index (κ2) is 6.24. The standard InChI is InChI=1S/C16H25NO/c1-12(2)15-7-6-13(3)11-16(15)18-14-5-4-9-17-10-8-14/h6-7,11-12,14,17H,4-5,8-10H2,1-3H3. The maximum absolute atomic E-state index is 6.27. The molecule has 1 aromatic carbocycles. The van der Waals surface area contributed by atoms with Crippen molar-refractivity contribution >= 4 is 0 Å². The number of rotatable bonds is 3. The lowest BCUT2D eigenvalue weighted by molar-refractivity contribution is 0.185. The molecule has 100 valence electrons. The van der Waals surface area contributed by atoms with Crippen molar-refractivity contribution in [3.63, 3.8) is 0 Å². The van der Waals surface area contributed by atoms with Gasteiger partial charge in [0, 0.05) is 0 Å². The van der Waals surface area contributed by atoms with E-state index in [0.29, 0.717) is 12.0 Å². The molecule has 0 aliphatic carbocycles. The average molecular weight is 247 g/mol. The van der Waals surface area contributed by atoms with Gasteiger partial charge in [-0.15, -0.1) is 0 Å². The zero-order chi connectivity index (χ0) is 13.0. The van der Waals surface area contributed by atoms with Crippen LogP contribution in [0.5, 0.6) is 5.75 Å². The van der Waals surface area contributed by atoms with Crippen molar-refractivity contribution < 1.29 is 4.74 Å². The number of nitrogens with one attached hydrogen (secondary N) is 1. The molecule has 1 atom stereocenters. The Hall–Kier alpha value is -1.02. The highest BCUT2D eigenvalue weighted by Crippen LogP contribution is 2.29. The first-order chi connectivity index (χ1) is 8.66. The zero-order valence-electron chi connectivity index (χ0n) is 11.8. The summed E-state index contributed by atoms with van der Waals surface area (Å²) in [7, 11) is 0. The van der Waals surface area contributed by atoms with Crippen LogP contribution < -0.4 is 10.1 Å². The maximum atomic E-state index is 6.27. The van der Waals surface area contributed by atoms with Crippen LogP contribution in [0.4, 0.5) is 0 Å². The van der Waals surface area contributed by atoms with Crippen LogP contribution in [0.1, 0.15) is 50.2 Å². The number of hydrogen-bond acceptors (Lipinski definition) is 2. The van der Waals surface area contributed by atoms with Gasteiger partial charge in [-0.2, -0.15) is 0 Å². The minimum atomic E-state index is 0.374. The van der Waals surface area contributed by atoms with Crippen LogP contribution >= 0.6 is 0 Å². The lowest BCUT2D eigenvalue weighted by atomic mass is 10.0. The summed E-state index contributed by atoms with van der Waals surface area (Å²) in [5.74, 6) is 1.61. The molecule has 1 unspecified atom stereocenters. The minimum Gasteiger partial charge on any atom is -0.490 e. The van der Waals surface area contributed by atoms with Crippen molar-refractivity contribution in [2.45, 2.75) is 52.1 Å². The molecule has 1 heterocycles. The van der Waals surface area contributed by atoms with E-state index in [1.165, 1.54) is 24.0 Å². The molecule has 2 heteroatoms. The third-order valence-corrected chi connectivity index (χ3v) is 3.61. The topological polar surface area (TPSA) is 21.3 Å². The van der Waals surface area contributed by atoms with Crippen LogP contribution in [0.25, 0.3) is 0 Å². The van der Waals surface area contributed by atoms with E-state index in [-0.39, 0.29) is 0 Å². The van der Waals surface area contributed by atoms with E-state index in [4.69, 9.17) is 4.74 Å². The van der Waals surface area contributed by atoms with E-state index in [1.54, 1.807) is 0 Å². The van der Waals surface area contributed by atoms with Gasteiger partial charge >= 0.3 is 0 Å². The van der Waals surface area contributed by atoms with E-state index in [9.17, 15) is 0 Å². The summed E-state index contributed by atoms with van der Waals surface area (Å²) < 4.78 is 6.27. The molecule has 2 rings (SSSR count). The van der Waals surface area contributed by atoms with Gasteiger partial charge in [0.2, 0.25) is 0 Å². The number of hydrogen-bond donors (Lipinski definition) is 1. The van der Waals surface area contributed by atoms with E-state index in [2.05, 4.69) is 44.3 Å². The van der Waals surface area contributed by atoms with Gasteiger partial charge in [0.25, 0.3) is 0 Å². The Morgan fingerprint density at radius 1 is 1.22 bits per heavy atom. The fraction of sp³-hybridized carbons (Fsp3) is 0.625. The number of aryl methyl sites for hydroxylation is 1. The van der Waals surface area contributed by atoms with Gasteiger partial charge in [-0.3, -0.25) is 0 Å². The first kappa shape index (κ1) is 13.4. The molecule has 1 aliphatic heterocycles. The molecule has 0 saturated carbocycles. The van der Waals surface area contributed by atoms with Crippen molar-refractivity contribution in [3.8, 4) is 5.75 Å². The van der Waals surface area contributed by atoms with Crippen molar-refractivity contribution in [2.24, 2.45) is 0 Å². The van der Waals surface area contributed by atoms with E-state index in [0.717, 1.165) is 25.3 Å². The normalized spacial score (nSPS) is 20.8. The molecule has 1 aromatic rings. The smallest absolute Gasteiger partial charge is 0.123 e. The Balaban J connectivity index is 2.13. The summed E-state index contributed by atoms with van der Waals surface area (Å²) in [5, 5.41) is 3.43. The third-order valence-electron chi connectivity index (χ3n) is 3.61. The second-order valence-corrected chi connectivity index (χ2v) is 5.62. The summed E-state index contributed by atoms with van der Waals surface area (Å²) in [4.78, 5) is 0. The predicted molar refractivity (Wildman–Crippen MR) is 76.4 cm³/mol. The van der Waals surface area contributed by atoms with E-state index < -0.39 is 0 Å². The Kier molecular flexibility index (Phi) is 4.65. The third kappa shape index (κ3) is 3.49. The predicted octanol–water partition coefficient (Wildman–Crippen LogP) is 3.64. The first-order valence-corrected chi connectivity index (χ1v) is 7.14. The van der Waals surface area contributed by atoms with Crippen LogP contribution in [0.15, 0.2) is 18.2 Å². The van der Waals surface area contributed by atoms with Crippen molar-refractivity contribution in [3.05, 3.63) is 29.3 Å². The molecular formula is C16H25NO. The quantitative estimate of drug-likeness (QED) is 0.880. The molecule has 0 radical (unpaired) electrons. The lowest BCUT2D eigenvalue weighted by Crippen LogP contribution is -2.20. The van der Waals surface area contributed by atoms with Crippen LogP contribution in [-0.4, -0.2) is 19.2 Å². The molecule has 1 aliphatic rings. The van der Waals surface area contributed by atoms with E-state index in [1.807, 2.05) is 0 Å². The molecule has 0 spiro atoms. The summed E-state index contributed by atoms with van der Waals surface area (Å²) in [6, 6.07) is 6.58. The van der Waals surface area contributed by atoms with Crippen LogP contribution in [0, 0.1) is 6.92 Å². The SMILES string of the molecule is Cc1ccc(C(C)C)c(OC2CCCNCC2)c1. The summed E-state index contributed by atoms with van der Waals surface area (Å²) in [6.45, 7) is 8.79. The highest BCUT2D eigenvalue weighted by molar-refractivity contribution is 5.39. The molecule has 1 N–H and O–H groups in total. The molecule has 1 fully saturated rings. The van der Waals surface area contributed by atoms with Crippen LogP contribution in [0.2, 0.25) is 0 Å². The number of ether oxygens (including phenoxy) is 1. The fourth-order valence-electron chi connectivity index (χ4n) is 2.51. The summed E-state index contributed by atoms with van der Waals surface area (Å²) in [6.07, 6.45) is 3.87. The van der Waals surface area contributed by atoms with Gasteiger partial charge in [-0.25, -0.2) is 0 Å². The largest absolute Gasteiger partial charge is 0.490 e. The van der Waals surface area contributed by atoms with Gasteiger partial charge < -0.3 is 10.1 Å². The molecule has 0 bridgehead atoms. The van der Waals surface area contributed by atoms with Crippen molar-refractivity contribution in [2.75, 3.05) is 13.1 Å². The van der Waals surface area contributed by atoms with Crippen LogP contribution in [-0.2, 0) is 0 Å². The van der Waals surface area contributed by atoms with Gasteiger partial charge in [0.1, 0.15) is 5.75 Å². The molecular weight excluding hydrogens is 222 g/mol. The Morgan fingerprint density at radius 3 is 2.83 bits per heavy atom. The maximum Gasteiger partial charge on any atom is 0.123 e. The highest BCUT2D eigenvalue weighted by atomic mass is 16.5. The number of benzene rings is 1. The minimum absolute atomic E-state index is 0.374. The highest BCUT2D eigenvalue weighted by Gasteiger charge is 2.16. The molecule has 0 amide bonds. The molecule has 2 nitrogen and oxygen atoms in total. The van der Waals surface area contributed by atoms with E-state index >= 15 is 0 Å². The first-order valence-electron chi connectivity index (χ1n) is 7.14. The zero-order valence-corrected chi connectivity index (χ0v) is 11.8. The molecule has 1 saturated heterocycles.